The van der Waals surface area contributed by atoms with Crippen molar-refractivity contribution < 1.29 is 4.79 Å². The van der Waals surface area contributed by atoms with Gasteiger partial charge in [0.2, 0.25) is 5.91 Å². The van der Waals surface area contributed by atoms with Crippen LogP contribution < -0.4 is 10.2 Å². The van der Waals surface area contributed by atoms with Crippen molar-refractivity contribution in [1.82, 2.24) is 20.3 Å². The van der Waals surface area contributed by atoms with Crippen molar-refractivity contribution in [3.8, 4) is 6.07 Å². The summed E-state index contributed by atoms with van der Waals surface area (Å²) in [7, 11) is 0. The van der Waals surface area contributed by atoms with E-state index in [2.05, 4.69) is 21.3 Å². The number of hydrogen-bond acceptors (Lipinski definition) is 6. The first-order valence-corrected chi connectivity index (χ1v) is 10.3. The molecule has 0 spiro atoms. The molecule has 152 valence electrons. The Labute approximate surface area is 175 Å². The van der Waals surface area contributed by atoms with Crippen molar-refractivity contribution in [2.75, 3.05) is 18.0 Å². The average molecular weight is 400 g/mol. The predicted octanol–water partition coefficient (Wildman–Crippen LogP) is 3.33. The zero-order chi connectivity index (χ0) is 20.8. The van der Waals surface area contributed by atoms with Crippen LogP contribution in [0.5, 0.6) is 0 Å². The van der Waals surface area contributed by atoms with E-state index in [-0.39, 0.29) is 12.5 Å². The van der Waals surface area contributed by atoms with E-state index in [0.29, 0.717) is 17.0 Å². The number of anilines is 1. The second-order valence-electron chi connectivity index (χ2n) is 7.42. The minimum atomic E-state index is -1.04. The molecule has 1 aromatic carbocycles. The van der Waals surface area contributed by atoms with Gasteiger partial charge in [-0.3, -0.25) is 9.78 Å². The molecule has 7 nitrogen and oxygen atoms in total. The maximum atomic E-state index is 12.9. The number of para-hydroxylation sites is 2. The van der Waals surface area contributed by atoms with Crippen molar-refractivity contribution in [3.05, 3.63) is 60.0 Å². The monoisotopic (exact) mass is 400 g/mol. The number of hydrogen-bond donors (Lipinski definition) is 1. The number of benzene rings is 1. The van der Waals surface area contributed by atoms with Gasteiger partial charge in [0.15, 0.2) is 11.7 Å². The topological polar surface area (TPSA) is 94.8 Å². The number of nitriles is 1. The van der Waals surface area contributed by atoms with E-state index in [4.69, 9.17) is 9.97 Å². The van der Waals surface area contributed by atoms with Crippen molar-refractivity contribution in [2.24, 2.45) is 0 Å². The number of pyridine rings is 1. The van der Waals surface area contributed by atoms with Crippen LogP contribution in [0.2, 0.25) is 0 Å². The van der Waals surface area contributed by atoms with Crippen LogP contribution in [-0.4, -0.2) is 33.9 Å². The molecule has 1 N–H and O–H groups in total. The molecule has 1 aliphatic heterocycles. The third-order valence-electron chi connectivity index (χ3n) is 5.32. The number of aromatic nitrogens is 3. The Morgan fingerprint density at radius 1 is 1.03 bits per heavy atom. The molecule has 2 aromatic heterocycles. The van der Waals surface area contributed by atoms with E-state index < -0.39 is 5.92 Å². The fraction of sp³-hybridized carbons (Fsp3) is 0.348. The highest BCUT2D eigenvalue weighted by atomic mass is 16.1. The maximum absolute atomic E-state index is 12.9. The second-order valence-corrected chi connectivity index (χ2v) is 7.42. The first-order valence-electron chi connectivity index (χ1n) is 10.3. The van der Waals surface area contributed by atoms with Gasteiger partial charge in [-0.2, -0.15) is 5.26 Å². The van der Waals surface area contributed by atoms with E-state index in [9.17, 15) is 10.1 Å². The van der Waals surface area contributed by atoms with E-state index >= 15 is 0 Å². The minimum absolute atomic E-state index is 0.262. The highest BCUT2D eigenvalue weighted by molar-refractivity contribution is 5.88. The van der Waals surface area contributed by atoms with Crippen LogP contribution in [0.4, 0.5) is 5.82 Å². The largest absolute Gasteiger partial charge is 0.355 e. The van der Waals surface area contributed by atoms with Crippen molar-refractivity contribution >= 4 is 22.8 Å². The molecular weight excluding hydrogens is 376 g/mol. The lowest BCUT2D eigenvalue weighted by Gasteiger charge is -2.25. The van der Waals surface area contributed by atoms with Gasteiger partial charge in [-0.25, -0.2) is 9.97 Å². The number of amides is 1. The van der Waals surface area contributed by atoms with Gasteiger partial charge >= 0.3 is 0 Å². The lowest BCUT2D eigenvalue weighted by atomic mass is 10.0. The zero-order valence-corrected chi connectivity index (χ0v) is 16.8. The molecule has 0 saturated carbocycles. The molecule has 7 heteroatoms. The molecule has 1 amide bonds. The number of fused-ring (bicyclic) bond motifs is 1. The Morgan fingerprint density at radius 2 is 1.73 bits per heavy atom. The Morgan fingerprint density at radius 3 is 2.40 bits per heavy atom. The Hall–Kier alpha value is -3.53. The molecule has 0 aliphatic carbocycles. The van der Waals surface area contributed by atoms with E-state index in [1.807, 2.05) is 42.5 Å². The number of nitrogens with one attached hydrogen (secondary N) is 1. The Balaban J connectivity index is 1.67. The summed E-state index contributed by atoms with van der Waals surface area (Å²) >= 11 is 0. The summed E-state index contributed by atoms with van der Waals surface area (Å²) in [6.07, 6.45) is 6.17. The molecular formula is C23H24N6O. The highest BCUT2D eigenvalue weighted by Gasteiger charge is 2.29. The van der Waals surface area contributed by atoms with E-state index in [1.165, 1.54) is 12.8 Å². The Kier molecular flexibility index (Phi) is 6.14. The maximum Gasteiger partial charge on any atom is 0.243 e. The molecule has 4 rings (SSSR count). The standard InChI is InChI=1S/C23H24N6O/c24-15-18(23(30)26-16-17-9-5-6-12-25-17)21-22(29-13-7-1-2-8-14-29)28-20-11-4-3-10-19(20)27-21/h3-6,9-12,18H,1-2,7-8,13-14,16H2,(H,26,30). The number of carbonyl (C=O) groups is 1. The van der Waals surface area contributed by atoms with Gasteiger partial charge in [0.1, 0.15) is 5.69 Å². The van der Waals surface area contributed by atoms with Gasteiger partial charge in [-0.15, -0.1) is 0 Å². The molecule has 1 saturated heterocycles. The van der Waals surface area contributed by atoms with Gasteiger partial charge in [0.25, 0.3) is 0 Å². The molecule has 0 bridgehead atoms. The molecule has 1 aliphatic rings. The van der Waals surface area contributed by atoms with E-state index in [1.54, 1.807) is 6.20 Å². The normalized spacial score (nSPS) is 15.2. The van der Waals surface area contributed by atoms with Gasteiger partial charge in [0.05, 0.1) is 29.3 Å². The highest BCUT2D eigenvalue weighted by Crippen LogP contribution is 2.29. The fourth-order valence-electron chi connectivity index (χ4n) is 3.74. The first kappa shape index (κ1) is 19.8. The zero-order valence-electron chi connectivity index (χ0n) is 16.8. The second kappa shape index (κ2) is 9.31. The fourth-order valence-corrected chi connectivity index (χ4v) is 3.74. The molecule has 1 atom stereocenters. The number of nitrogens with zero attached hydrogens (tertiary/aromatic N) is 5. The van der Waals surface area contributed by atoms with Crippen LogP contribution >= 0.6 is 0 Å². The summed E-state index contributed by atoms with van der Waals surface area (Å²) in [5, 5.41) is 12.7. The van der Waals surface area contributed by atoms with Gasteiger partial charge in [0, 0.05) is 19.3 Å². The van der Waals surface area contributed by atoms with Crippen LogP contribution in [0.15, 0.2) is 48.7 Å². The van der Waals surface area contributed by atoms with Crippen LogP contribution in [0.3, 0.4) is 0 Å². The van der Waals surface area contributed by atoms with Crippen molar-refractivity contribution in [2.45, 2.75) is 38.1 Å². The quantitative estimate of drug-likeness (QED) is 0.706. The third-order valence-corrected chi connectivity index (χ3v) is 5.32. The van der Waals surface area contributed by atoms with Crippen LogP contribution in [-0.2, 0) is 11.3 Å². The van der Waals surface area contributed by atoms with Gasteiger partial charge < -0.3 is 10.2 Å². The Bertz CT molecular complexity index is 1050. The summed E-state index contributed by atoms with van der Waals surface area (Å²) in [5.41, 5.74) is 2.62. The van der Waals surface area contributed by atoms with Crippen LogP contribution in [0.1, 0.15) is 43.0 Å². The summed E-state index contributed by atoms with van der Waals surface area (Å²) in [5.74, 6) is -0.775. The van der Waals surface area contributed by atoms with Crippen LogP contribution in [0, 0.1) is 11.3 Å². The first-order chi connectivity index (χ1) is 14.8. The van der Waals surface area contributed by atoms with Crippen molar-refractivity contribution in [1.29, 1.82) is 5.26 Å². The summed E-state index contributed by atoms with van der Waals surface area (Å²) < 4.78 is 0. The molecule has 1 fully saturated rings. The van der Waals surface area contributed by atoms with Gasteiger partial charge in [-0.1, -0.05) is 31.0 Å². The van der Waals surface area contributed by atoms with Crippen molar-refractivity contribution in [3.63, 3.8) is 0 Å². The molecule has 0 radical (unpaired) electrons. The van der Waals surface area contributed by atoms with Gasteiger partial charge in [-0.05, 0) is 37.1 Å². The summed E-state index contributed by atoms with van der Waals surface area (Å²) in [6.45, 7) is 1.97. The smallest absolute Gasteiger partial charge is 0.243 e. The molecule has 1 unspecified atom stereocenters. The average Bonchev–Trinajstić information content (AvgIpc) is 3.08. The van der Waals surface area contributed by atoms with Crippen LogP contribution in [0.25, 0.3) is 11.0 Å². The summed E-state index contributed by atoms with van der Waals surface area (Å²) in [4.78, 5) is 28.9. The predicted molar refractivity (Wildman–Crippen MR) is 115 cm³/mol. The number of rotatable bonds is 5. The lowest BCUT2D eigenvalue weighted by molar-refractivity contribution is -0.121. The minimum Gasteiger partial charge on any atom is -0.355 e. The number of carbonyl (C=O) groups excluding carboxylic acids is 1. The third kappa shape index (κ3) is 4.38. The molecule has 30 heavy (non-hydrogen) atoms. The molecule has 3 aromatic rings. The van der Waals surface area contributed by atoms with E-state index in [0.717, 1.165) is 37.1 Å². The lowest BCUT2D eigenvalue weighted by Crippen LogP contribution is -2.32. The summed E-state index contributed by atoms with van der Waals surface area (Å²) in [6, 6.07) is 15.2. The molecule has 3 heterocycles. The SMILES string of the molecule is N#CC(C(=O)NCc1ccccn1)c1nc2ccccc2nc1N1CCCCCC1.